The number of nitrogens with zero attached hydrogens (tertiary/aromatic N) is 3. The third-order valence-electron chi connectivity index (χ3n) is 6.02. The average Bonchev–Trinajstić information content (AvgIpc) is 3.21. The average molecular weight is 461 g/mol. The van der Waals surface area contributed by atoms with E-state index in [1.54, 1.807) is 6.92 Å². The minimum atomic E-state index is -0.820. The molecule has 6 nitrogen and oxygen atoms in total. The van der Waals surface area contributed by atoms with Crippen molar-refractivity contribution in [3.05, 3.63) is 83.6 Å². The van der Waals surface area contributed by atoms with Gasteiger partial charge in [0.05, 0.1) is 17.7 Å². The number of hydrogen-bond acceptors (Lipinski definition) is 3. The Morgan fingerprint density at radius 3 is 1.97 bits per heavy atom. The largest absolute Gasteiger partial charge is 0.368 e. The summed E-state index contributed by atoms with van der Waals surface area (Å²) in [6.07, 6.45) is 0.953. The Morgan fingerprint density at radius 1 is 0.941 bits per heavy atom. The van der Waals surface area contributed by atoms with Crippen molar-refractivity contribution in [1.29, 1.82) is 0 Å². The summed E-state index contributed by atoms with van der Waals surface area (Å²) in [6.45, 7) is 12.1. The second-order valence-electron chi connectivity index (χ2n) is 10.5. The van der Waals surface area contributed by atoms with Crippen LogP contribution in [0.1, 0.15) is 58.4 Å². The van der Waals surface area contributed by atoms with E-state index in [0.29, 0.717) is 5.82 Å². The van der Waals surface area contributed by atoms with Crippen molar-refractivity contribution in [2.75, 3.05) is 4.90 Å². The van der Waals surface area contributed by atoms with Crippen LogP contribution in [0.5, 0.6) is 0 Å². The minimum Gasteiger partial charge on any atom is -0.368 e. The molecular weight excluding hydrogens is 424 g/mol. The summed E-state index contributed by atoms with van der Waals surface area (Å²) in [5.74, 6) is -0.181. The second kappa shape index (κ2) is 9.84. The first kappa shape index (κ1) is 25.2. The molecule has 0 saturated heterocycles. The van der Waals surface area contributed by atoms with Gasteiger partial charge in [0.1, 0.15) is 11.9 Å². The van der Waals surface area contributed by atoms with E-state index < -0.39 is 17.5 Å². The van der Waals surface area contributed by atoms with Crippen LogP contribution in [-0.4, -0.2) is 27.6 Å². The number of carbonyl (C=O) groups is 2. The number of primary amides is 1. The van der Waals surface area contributed by atoms with Gasteiger partial charge < -0.3 is 5.73 Å². The summed E-state index contributed by atoms with van der Waals surface area (Å²) in [5.41, 5.74) is 7.93. The summed E-state index contributed by atoms with van der Waals surface area (Å²) in [5, 5.41) is 4.97. The molecule has 2 aromatic carbocycles. The zero-order chi connectivity index (χ0) is 25.1. The highest BCUT2D eigenvalue weighted by molar-refractivity contribution is 6.00. The predicted molar refractivity (Wildman–Crippen MR) is 137 cm³/mol. The molecule has 0 aliphatic heterocycles. The second-order valence-corrected chi connectivity index (χ2v) is 10.5. The highest BCUT2D eigenvalue weighted by atomic mass is 16.2. The summed E-state index contributed by atoms with van der Waals surface area (Å²) in [7, 11) is 0. The maximum Gasteiger partial charge on any atom is 0.240 e. The van der Waals surface area contributed by atoms with Crippen molar-refractivity contribution in [2.24, 2.45) is 5.73 Å². The molecule has 180 valence electrons. The number of rotatable bonds is 8. The molecule has 0 radical (unpaired) electrons. The molecule has 2 amide bonds. The Bertz CT molecular complexity index is 1130. The van der Waals surface area contributed by atoms with Crippen LogP contribution >= 0.6 is 0 Å². The monoisotopic (exact) mass is 460 g/mol. The molecule has 1 atom stereocenters. The van der Waals surface area contributed by atoms with Crippen LogP contribution in [-0.2, 0) is 33.4 Å². The van der Waals surface area contributed by atoms with Crippen LogP contribution in [0.4, 0.5) is 5.82 Å². The van der Waals surface area contributed by atoms with Gasteiger partial charge in [-0.15, -0.1) is 0 Å². The van der Waals surface area contributed by atoms with Gasteiger partial charge in [0.15, 0.2) is 0 Å². The smallest absolute Gasteiger partial charge is 0.240 e. The number of anilines is 1. The number of hydrogen-bond donors (Lipinski definition) is 1. The SMILES string of the molecule is CC(C(N)=O)N(C(=O)Cc1ccccc1)c1cc(C(C)(C)Cc2ccccc2)nn1C(C)(C)C. The first-order valence-corrected chi connectivity index (χ1v) is 11.7. The third-order valence-corrected chi connectivity index (χ3v) is 6.02. The Kier molecular flexibility index (Phi) is 7.29. The lowest BCUT2D eigenvalue weighted by Gasteiger charge is -2.31. The summed E-state index contributed by atoms with van der Waals surface area (Å²) < 4.78 is 1.84. The molecule has 0 aliphatic carbocycles. The first-order valence-electron chi connectivity index (χ1n) is 11.7. The van der Waals surface area contributed by atoms with Crippen LogP contribution in [0.25, 0.3) is 0 Å². The zero-order valence-electron chi connectivity index (χ0n) is 21.1. The van der Waals surface area contributed by atoms with E-state index in [1.807, 2.05) is 80.1 Å². The standard InChI is InChI=1S/C28H36N4O2/c1-20(26(29)34)31(25(33)17-21-13-9-7-10-14-21)24-18-23(30-32(24)27(2,3)4)28(5,6)19-22-15-11-8-12-16-22/h7-16,18,20H,17,19H2,1-6H3,(H2,29,34). The normalized spacial score (nSPS) is 12.9. The number of nitrogens with two attached hydrogens (primary N) is 1. The minimum absolute atomic E-state index is 0.163. The zero-order valence-corrected chi connectivity index (χ0v) is 21.1. The lowest BCUT2D eigenvalue weighted by Crippen LogP contribution is -2.48. The van der Waals surface area contributed by atoms with E-state index in [2.05, 4.69) is 26.0 Å². The lowest BCUT2D eigenvalue weighted by atomic mass is 9.82. The van der Waals surface area contributed by atoms with Gasteiger partial charge in [-0.05, 0) is 45.2 Å². The molecule has 0 aliphatic rings. The summed E-state index contributed by atoms with van der Waals surface area (Å²) in [4.78, 5) is 27.4. The van der Waals surface area contributed by atoms with Gasteiger partial charge in [0.2, 0.25) is 11.8 Å². The van der Waals surface area contributed by atoms with E-state index in [0.717, 1.165) is 17.7 Å². The number of amides is 2. The molecule has 3 aromatic rings. The maximum absolute atomic E-state index is 13.6. The number of carbonyl (C=O) groups excluding carboxylic acids is 2. The molecule has 0 fully saturated rings. The highest BCUT2D eigenvalue weighted by Gasteiger charge is 2.35. The molecule has 0 saturated carbocycles. The molecule has 1 heterocycles. The van der Waals surface area contributed by atoms with E-state index in [1.165, 1.54) is 10.5 Å². The van der Waals surface area contributed by atoms with Crippen molar-refractivity contribution in [3.8, 4) is 0 Å². The van der Waals surface area contributed by atoms with Crippen LogP contribution < -0.4 is 10.6 Å². The quantitative estimate of drug-likeness (QED) is 0.533. The Labute approximate surface area is 202 Å². The molecule has 0 bridgehead atoms. The van der Waals surface area contributed by atoms with Crippen molar-refractivity contribution < 1.29 is 9.59 Å². The molecule has 6 heteroatoms. The lowest BCUT2D eigenvalue weighted by molar-refractivity contribution is -0.124. The maximum atomic E-state index is 13.6. The number of benzene rings is 2. The van der Waals surface area contributed by atoms with Gasteiger partial charge in [-0.3, -0.25) is 14.5 Å². The van der Waals surface area contributed by atoms with Gasteiger partial charge in [-0.2, -0.15) is 5.10 Å². The van der Waals surface area contributed by atoms with Gasteiger partial charge in [-0.1, -0.05) is 74.5 Å². The van der Waals surface area contributed by atoms with E-state index in [4.69, 9.17) is 10.8 Å². The van der Waals surface area contributed by atoms with E-state index in [9.17, 15) is 9.59 Å². The van der Waals surface area contributed by atoms with Gasteiger partial charge >= 0.3 is 0 Å². The molecule has 0 spiro atoms. The van der Waals surface area contributed by atoms with Crippen molar-refractivity contribution >= 4 is 17.6 Å². The first-order chi connectivity index (χ1) is 15.9. The molecule has 34 heavy (non-hydrogen) atoms. The van der Waals surface area contributed by atoms with Gasteiger partial charge in [0, 0.05) is 11.5 Å². The highest BCUT2D eigenvalue weighted by Crippen LogP contribution is 2.34. The molecule has 3 rings (SSSR count). The fraction of sp³-hybridized carbons (Fsp3) is 0.393. The Balaban J connectivity index is 2.08. The van der Waals surface area contributed by atoms with Crippen LogP contribution in [0, 0.1) is 0 Å². The van der Waals surface area contributed by atoms with Crippen molar-refractivity contribution in [2.45, 2.75) is 71.4 Å². The molecular formula is C28H36N4O2. The predicted octanol–water partition coefficient (Wildman–Crippen LogP) is 4.61. The molecule has 2 N–H and O–H groups in total. The van der Waals surface area contributed by atoms with Crippen LogP contribution in [0.15, 0.2) is 66.7 Å². The third kappa shape index (κ3) is 5.74. The van der Waals surface area contributed by atoms with Crippen molar-refractivity contribution in [1.82, 2.24) is 9.78 Å². The fourth-order valence-corrected chi connectivity index (χ4v) is 4.09. The number of aromatic nitrogens is 2. The van der Waals surface area contributed by atoms with Crippen LogP contribution in [0.3, 0.4) is 0 Å². The topological polar surface area (TPSA) is 81.2 Å². The van der Waals surface area contributed by atoms with E-state index >= 15 is 0 Å². The van der Waals surface area contributed by atoms with Crippen molar-refractivity contribution in [3.63, 3.8) is 0 Å². The Morgan fingerprint density at radius 2 is 1.47 bits per heavy atom. The van der Waals surface area contributed by atoms with Crippen LogP contribution in [0.2, 0.25) is 0 Å². The summed E-state index contributed by atoms with van der Waals surface area (Å²) >= 11 is 0. The summed E-state index contributed by atoms with van der Waals surface area (Å²) in [6, 6.07) is 20.9. The van der Waals surface area contributed by atoms with Gasteiger partial charge in [0.25, 0.3) is 0 Å². The van der Waals surface area contributed by atoms with E-state index in [-0.39, 0.29) is 17.7 Å². The fourth-order valence-electron chi connectivity index (χ4n) is 4.09. The van der Waals surface area contributed by atoms with Gasteiger partial charge in [-0.25, -0.2) is 4.68 Å². The Hall–Kier alpha value is -3.41. The molecule has 1 aromatic heterocycles. The molecule has 1 unspecified atom stereocenters.